The van der Waals surface area contributed by atoms with Gasteiger partial charge in [0.15, 0.2) is 11.4 Å². The van der Waals surface area contributed by atoms with Crippen molar-refractivity contribution in [2.24, 2.45) is 5.92 Å². The van der Waals surface area contributed by atoms with E-state index < -0.39 is 31.6 Å². The van der Waals surface area contributed by atoms with Gasteiger partial charge in [-0.2, -0.15) is 0 Å². The van der Waals surface area contributed by atoms with Gasteiger partial charge in [-0.25, -0.2) is 0 Å². The molecule has 3 amide bonds. The average Bonchev–Trinajstić information content (AvgIpc) is 3.56. The number of anilines is 4. The van der Waals surface area contributed by atoms with E-state index in [2.05, 4.69) is 0 Å². The third-order valence-corrected chi connectivity index (χ3v) is 13.5. The second kappa shape index (κ2) is 14.2. The highest BCUT2D eigenvalue weighted by molar-refractivity contribution is 6.72. The van der Waals surface area contributed by atoms with Crippen molar-refractivity contribution >= 4 is 48.9 Å². The summed E-state index contributed by atoms with van der Waals surface area (Å²) in [5.41, 5.74) is 1.46. The number of aliphatic hydroxyl groups excluding tert-OH is 1. The van der Waals surface area contributed by atoms with Crippen LogP contribution in [0.3, 0.4) is 0 Å². The molecule has 0 aliphatic carbocycles. The van der Waals surface area contributed by atoms with E-state index in [9.17, 15) is 14.7 Å². The third kappa shape index (κ3) is 6.22. The quantitative estimate of drug-likeness (QED) is 0.120. The second-order valence-corrected chi connectivity index (χ2v) is 18.7. The van der Waals surface area contributed by atoms with Crippen molar-refractivity contribution in [2.75, 3.05) is 23.0 Å². The van der Waals surface area contributed by atoms with E-state index in [0.717, 1.165) is 5.56 Å². The molecule has 1 spiro atoms. The summed E-state index contributed by atoms with van der Waals surface area (Å²) in [5, 5.41) is 9.92. The number of para-hydroxylation sites is 4. The van der Waals surface area contributed by atoms with Crippen LogP contribution in [0.5, 0.6) is 11.5 Å². The fraction of sp³-hybridized carbons (Fsp3) is 0.250. The van der Waals surface area contributed by atoms with Crippen molar-refractivity contribution in [1.82, 2.24) is 4.90 Å². The van der Waals surface area contributed by atoms with Crippen LogP contribution in [0.15, 0.2) is 127 Å². The van der Waals surface area contributed by atoms with Crippen LogP contribution in [-0.2, 0) is 26.5 Å². The molecule has 1 N–H and O–H groups in total. The van der Waals surface area contributed by atoms with E-state index >= 15 is 8.90 Å². The summed E-state index contributed by atoms with van der Waals surface area (Å²) in [7, 11) is -3.64. The molecule has 55 heavy (non-hydrogen) atoms. The fourth-order valence-corrected chi connectivity index (χ4v) is 11.2. The summed E-state index contributed by atoms with van der Waals surface area (Å²) in [6, 6.07) is 38.4. The SMILES string of the molecule is C[C@@H]1[C@@H]([Si](C)(C)F)[C@H](CC(=O)N(CCO)Cc2ccccc2)O[C@@]12C(=O)N(c1ccccc1)c1ccc(N3C(=O)c4ccccc4Oc4ccccc43)cc12. The Hall–Kier alpha value is -5.62. The first-order valence-electron chi connectivity index (χ1n) is 18.6. The molecular weight excluding hydrogens is 714 g/mol. The van der Waals surface area contributed by atoms with Crippen molar-refractivity contribution < 1.29 is 33.1 Å². The number of benzene rings is 5. The Morgan fingerprint density at radius 3 is 2.18 bits per heavy atom. The Morgan fingerprint density at radius 1 is 0.818 bits per heavy atom. The van der Waals surface area contributed by atoms with Crippen molar-refractivity contribution in [3.8, 4) is 11.5 Å². The highest BCUT2D eigenvalue weighted by atomic mass is 28.4. The number of ether oxygens (including phenoxy) is 2. The lowest BCUT2D eigenvalue weighted by molar-refractivity contribution is -0.149. The predicted octanol–water partition coefficient (Wildman–Crippen LogP) is 8.64. The maximum Gasteiger partial charge on any atom is 0.268 e. The molecule has 0 saturated carbocycles. The summed E-state index contributed by atoms with van der Waals surface area (Å²) < 4.78 is 30.0. The molecule has 3 aliphatic heterocycles. The molecule has 8 rings (SSSR count). The van der Waals surface area contributed by atoms with E-state index in [1.54, 1.807) is 70.3 Å². The van der Waals surface area contributed by atoms with Gasteiger partial charge in [-0.3, -0.25) is 24.2 Å². The van der Waals surface area contributed by atoms with E-state index in [1.807, 2.05) is 91.9 Å². The number of hydrogen-bond donors (Lipinski definition) is 1. The molecule has 0 aromatic heterocycles. The molecule has 9 nitrogen and oxygen atoms in total. The summed E-state index contributed by atoms with van der Waals surface area (Å²) in [6.07, 6.45) is -1.12. The van der Waals surface area contributed by atoms with Crippen LogP contribution in [0.2, 0.25) is 18.6 Å². The molecule has 5 aromatic rings. The van der Waals surface area contributed by atoms with E-state index in [1.165, 1.54) is 0 Å². The lowest BCUT2D eigenvalue weighted by Crippen LogP contribution is -2.44. The molecule has 4 atom stereocenters. The van der Waals surface area contributed by atoms with Crippen LogP contribution in [0.1, 0.15) is 34.8 Å². The molecule has 3 aliphatic rings. The van der Waals surface area contributed by atoms with Gasteiger partial charge in [0.25, 0.3) is 11.8 Å². The molecule has 3 heterocycles. The van der Waals surface area contributed by atoms with Gasteiger partial charge >= 0.3 is 0 Å². The van der Waals surface area contributed by atoms with E-state index in [4.69, 9.17) is 9.47 Å². The van der Waals surface area contributed by atoms with Crippen LogP contribution in [0.25, 0.3) is 0 Å². The van der Waals surface area contributed by atoms with Crippen molar-refractivity contribution in [2.45, 2.75) is 50.2 Å². The molecular formula is C44H42FN3O6Si. The molecule has 5 aromatic carbocycles. The highest BCUT2D eigenvalue weighted by Crippen LogP contribution is 2.62. The molecule has 11 heteroatoms. The summed E-state index contributed by atoms with van der Waals surface area (Å²) in [4.78, 5) is 48.5. The Kier molecular flexibility index (Phi) is 9.40. The van der Waals surface area contributed by atoms with Gasteiger partial charge in [0.1, 0.15) is 5.75 Å². The van der Waals surface area contributed by atoms with Gasteiger partial charge in [-0.05, 0) is 73.3 Å². The van der Waals surface area contributed by atoms with Gasteiger partial charge < -0.3 is 23.6 Å². The van der Waals surface area contributed by atoms with E-state index in [0.29, 0.717) is 45.4 Å². The van der Waals surface area contributed by atoms with Crippen molar-refractivity contribution in [3.05, 3.63) is 144 Å². The smallest absolute Gasteiger partial charge is 0.268 e. The number of amides is 3. The summed E-state index contributed by atoms with van der Waals surface area (Å²) in [5.74, 6) is -0.796. The minimum absolute atomic E-state index is 0.0906. The van der Waals surface area contributed by atoms with Crippen LogP contribution >= 0.6 is 0 Å². The van der Waals surface area contributed by atoms with Crippen molar-refractivity contribution in [1.29, 1.82) is 0 Å². The standard InChI is InChI=1S/C44H42FN3O6Si/c1-29-41(55(2,3)45)39(27-40(50)46(24-25-49)28-30-14-6-4-7-15-30)54-44(29)34-26-32(22-23-35(34)48(43(44)52)31-16-8-5-9-17-31)47-36-19-11-13-21-38(36)53-37-20-12-10-18-33(37)42(47)51/h4-23,26,29,39,41,49H,24-25,27-28H2,1-3H3/t29-,39+,41-,44+/m1/s1. The molecule has 1 fully saturated rings. The lowest BCUT2D eigenvalue weighted by Gasteiger charge is -2.31. The van der Waals surface area contributed by atoms with Gasteiger partial charge in [0.2, 0.25) is 14.3 Å². The summed E-state index contributed by atoms with van der Waals surface area (Å²) in [6.45, 7) is 5.15. The maximum absolute atomic E-state index is 16.8. The first-order valence-corrected chi connectivity index (χ1v) is 21.5. The number of rotatable bonds is 9. The second-order valence-electron chi connectivity index (χ2n) is 14.9. The van der Waals surface area contributed by atoms with Crippen LogP contribution in [-0.4, -0.2) is 55.4 Å². The molecule has 1 saturated heterocycles. The molecule has 0 unspecified atom stereocenters. The topological polar surface area (TPSA) is 99.6 Å². The van der Waals surface area contributed by atoms with E-state index in [-0.39, 0.29) is 43.8 Å². The highest BCUT2D eigenvalue weighted by Gasteiger charge is 2.67. The fourth-order valence-electron chi connectivity index (χ4n) is 8.72. The van der Waals surface area contributed by atoms with Gasteiger partial charge in [0.05, 0.1) is 36.1 Å². The number of hydrogen-bond acceptors (Lipinski definition) is 6. The maximum atomic E-state index is 16.8. The number of nitrogens with zero attached hydrogens (tertiary/aromatic N) is 3. The van der Waals surface area contributed by atoms with Gasteiger partial charge in [-0.1, -0.05) is 79.7 Å². The minimum atomic E-state index is -3.64. The minimum Gasteiger partial charge on any atom is -0.454 e. The van der Waals surface area contributed by atoms with Gasteiger partial charge in [-0.15, -0.1) is 0 Å². The normalized spacial score (nSPS) is 21.5. The van der Waals surface area contributed by atoms with Crippen LogP contribution in [0.4, 0.5) is 26.9 Å². The number of aliphatic hydroxyl groups is 1. The molecule has 280 valence electrons. The Bertz CT molecular complexity index is 2270. The van der Waals surface area contributed by atoms with Crippen LogP contribution in [0, 0.1) is 5.92 Å². The Morgan fingerprint density at radius 2 is 1.47 bits per heavy atom. The number of fused-ring (bicyclic) bond motifs is 4. The van der Waals surface area contributed by atoms with Crippen molar-refractivity contribution in [3.63, 3.8) is 0 Å². The largest absolute Gasteiger partial charge is 0.454 e. The molecule has 0 radical (unpaired) electrons. The first-order chi connectivity index (χ1) is 26.5. The lowest BCUT2D eigenvalue weighted by atomic mass is 9.82. The third-order valence-electron chi connectivity index (χ3n) is 11.1. The summed E-state index contributed by atoms with van der Waals surface area (Å²) >= 11 is 0. The first kappa shape index (κ1) is 36.4. The zero-order chi connectivity index (χ0) is 38.5. The zero-order valence-electron chi connectivity index (χ0n) is 30.9. The zero-order valence-corrected chi connectivity index (χ0v) is 31.9. The average molecular weight is 756 g/mol. The predicted molar refractivity (Wildman–Crippen MR) is 211 cm³/mol. The Balaban J connectivity index is 1.26. The number of carbonyl (C=O) groups is 3. The number of carbonyl (C=O) groups excluding carboxylic acids is 3. The van der Waals surface area contributed by atoms with Crippen LogP contribution < -0.4 is 14.5 Å². The number of halogens is 1. The van der Waals surface area contributed by atoms with Gasteiger partial charge in [0, 0.05) is 41.5 Å². The molecule has 0 bridgehead atoms. The Labute approximate surface area is 320 Å². The monoisotopic (exact) mass is 755 g/mol.